The molecule has 1 amide bonds. The van der Waals surface area contributed by atoms with Crippen molar-refractivity contribution in [3.8, 4) is 0 Å². The Morgan fingerprint density at radius 3 is 2.82 bits per heavy atom. The lowest BCUT2D eigenvalue weighted by Crippen LogP contribution is -2.50. The van der Waals surface area contributed by atoms with Crippen molar-refractivity contribution >= 4 is 5.91 Å². The molecule has 0 aromatic carbocycles. The summed E-state index contributed by atoms with van der Waals surface area (Å²) in [5.41, 5.74) is 0. The highest BCUT2D eigenvalue weighted by atomic mass is 16.5. The molecule has 0 aliphatic carbocycles. The normalized spacial score (nSPS) is 37.3. The smallest absolute Gasteiger partial charge is 0.234 e. The molecule has 96 valence electrons. The summed E-state index contributed by atoms with van der Waals surface area (Å²) >= 11 is 0. The number of hydrogen-bond donors (Lipinski definition) is 2. The number of fused-ring (bicyclic) bond motifs is 2. The van der Waals surface area contributed by atoms with Crippen LogP contribution in [-0.2, 0) is 9.53 Å². The van der Waals surface area contributed by atoms with Gasteiger partial charge in [0.2, 0.25) is 5.91 Å². The van der Waals surface area contributed by atoms with E-state index in [2.05, 4.69) is 15.5 Å². The summed E-state index contributed by atoms with van der Waals surface area (Å²) in [6.07, 6.45) is 3.99. The van der Waals surface area contributed by atoms with E-state index in [0.29, 0.717) is 12.6 Å². The van der Waals surface area contributed by atoms with E-state index in [9.17, 15) is 4.79 Å². The molecule has 0 aromatic heterocycles. The summed E-state index contributed by atoms with van der Waals surface area (Å²) < 4.78 is 5.74. The fourth-order valence-corrected chi connectivity index (χ4v) is 3.11. The topological polar surface area (TPSA) is 53.6 Å². The summed E-state index contributed by atoms with van der Waals surface area (Å²) in [4.78, 5) is 14.1. The lowest BCUT2D eigenvalue weighted by molar-refractivity contribution is -0.123. The first-order valence-electron chi connectivity index (χ1n) is 6.69. The summed E-state index contributed by atoms with van der Waals surface area (Å²) in [5, 5.41) is 6.42. The number of carbonyl (C=O) groups excluding carboxylic acids is 1. The highest BCUT2D eigenvalue weighted by molar-refractivity contribution is 5.78. The molecule has 3 fully saturated rings. The molecule has 0 radical (unpaired) electrons. The molecule has 0 aromatic rings. The molecule has 17 heavy (non-hydrogen) atoms. The second-order valence-corrected chi connectivity index (χ2v) is 5.31. The molecule has 3 unspecified atom stereocenters. The van der Waals surface area contributed by atoms with Crippen molar-refractivity contribution in [1.29, 1.82) is 0 Å². The van der Waals surface area contributed by atoms with Crippen LogP contribution in [0.5, 0.6) is 0 Å². The van der Waals surface area contributed by atoms with E-state index in [1.165, 1.54) is 6.42 Å². The molecule has 3 heterocycles. The maximum atomic E-state index is 11.9. The molecule has 2 bridgehead atoms. The first-order valence-corrected chi connectivity index (χ1v) is 6.69. The van der Waals surface area contributed by atoms with Crippen LogP contribution in [0.1, 0.15) is 19.3 Å². The van der Waals surface area contributed by atoms with Gasteiger partial charge in [0, 0.05) is 26.2 Å². The third kappa shape index (κ3) is 2.61. The van der Waals surface area contributed by atoms with Gasteiger partial charge in [0.05, 0.1) is 24.8 Å². The van der Waals surface area contributed by atoms with Crippen LogP contribution in [0.2, 0.25) is 0 Å². The number of piperazine rings is 1. The van der Waals surface area contributed by atoms with E-state index in [0.717, 1.165) is 39.0 Å². The Morgan fingerprint density at radius 1 is 1.35 bits per heavy atom. The van der Waals surface area contributed by atoms with Crippen molar-refractivity contribution in [1.82, 2.24) is 15.5 Å². The minimum atomic E-state index is 0.160. The highest BCUT2D eigenvalue weighted by Gasteiger charge is 2.41. The van der Waals surface area contributed by atoms with Crippen LogP contribution in [-0.4, -0.2) is 61.8 Å². The minimum absolute atomic E-state index is 0.160. The van der Waals surface area contributed by atoms with Crippen molar-refractivity contribution in [3.63, 3.8) is 0 Å². The zero-order chi connectivity index (χ0) is 11.7. The fourth-order valence-electron chi connectivity index (χ4n) is 3.11. The summed E-state index contributed by atoms with van der Waals surface area (Å²) in [5.74, 6) is 0.160. The van der Waals surface area contributed by atoms with Crippen molar-refractivity contribution in [2.24, 2.45) is 0 Å². The van der Waals surface area contributed by atoms with Crippen LogP contribution in [0.4, 0.5) is 0 Å². The Balaban J connectivity index is 1.44. The van der Waals surface area contributed by atoms with Gasteiger partial charge in [-0.3, -0.25) is 9.69 Å². The van der Waals surface area contributed by atoms with Gasteiger partial charge in [-0.1, -0.05) is 0 Å². The largest absolute Gasteiger partial charge is 0.373 e. The van der Waals surface area contributed by atoms with Gasteiger partial charge in [-0.25, -0.2) is 0 Å². The third-order valence-electron chi connectivity index (χ3n) is 4.03. The lowest BCUT2D eigenvalue weighted by atomic mass is 9.95. The van der Waals surface area contributed by atoms with E-state index >= 15 is 0 Å². The van der Waals surface area contributed by atoms with Gasteiger partial charge in [-0.2, -0.15) is 0 Å². The predicted octanol–water partition coefficient (Wildman–Crippen LogP) is -0.672. The molecule has 3 atom stereocenters. The summed E-state index contributed by atoms with van der Waals surface area (Å²) in [6.45, 7) is 4.46. The molecule has 3 rings (SSSR count). The number of ether oxygens (including phenoxy) is 1. The predicted molar refractivity (Wildman–Crippen MR) is 63.8 cm³/mol. The standard InChI is InChI=1S/C12H21N3O2/c16-12(8-15-5-3-13-4-6-15)14-10-7-9-1-2-11(10)17-9/h9-11,13H,1-8H2,(H,14,16). The van der Waals surface area contributed by atoms with Crippen LogP contribution < -0.4 is 10.6 Å². The Morgan fingerprint density at radius 2 is 2.18 bits per heavy atom. The fraction of sp³-hybridized carbons (Fsp3) is 0.917. The molecular formula is C12H21N3O2. The van der Waals surface area contributed by atoms with E-state index in [1.54, 1.807) is 0 Å². The second kappa shape index (κ2) is 4.92. The number of hydrogen-bond acceptors (Lipinski definition) is 4. The Kier molecular flexibility index (Phi) is 3.31. The lowest BCUT2D eigenvalue weighted by Gasteiger charge is -2.28. The SMILES string of the molecule is O=C(CN1CCNCC1)NC1CC2CCC1O2. The molecule has 3 saturated heterocycles. The zero-order valence-electron chi connectivity index (χ0n) is 10.2. The molecule has 5 heteroatoms. The molecule has 3 aliphatic heterocycles. The van der Waals surface area contributed by atoms with E-state index in [4.69, 9.17) is 4.74 Å². The Labute approximate surface area is 102 Å². The molecule has 0 saturated carbocycles. The maximum Gasteiger partial charge on any atom is 0.234 e. The van der Waals surface area contributed by atoms with Crippen LogP contribution in [0.3, 0.4) is 0 Å². The van der Waals surface area contributed by atoms with Crippen molar-refractivity contribution in [2.45, 2.75) is 37.5 Å². The molecule has 3 aliphatic rings. The number of amides is 1. The molecular weight excluding hydrogens is 218 g/mol. The van der Waals surface area contributed by atoms with Gasteiger partial charge in [0.25, 0.3) is 0 Å². The first-order chi connectivity index (χ1) is 8.31. The number of nitrogens with one attached hydrogen (secondary N) is 2. The summed E-state index contributed by atoms with van der Waals surface area (Å²) in [7, 11) is 0. The molecule has 5 nitrogen and oxygen atoms in total. The van der Waals surface area contributed by atoms with Gasteiger partial charge in [-0.15, -0.1) is 0 Å². The number of nitrogens with zero attached hydrogens (tertiary/aromatic N) is 1. The van der Waals surface area contributed by atoms with E-state index in [1.807, 2.05) is 0 Å². The second-order valence-electron chi connectivity index (χ2n) is 5.31. The average Bonchev–Trinajstić information content (AvgIpc) is 2.92. The quantitative estimate of drug-likeness (QED) is 0.686. The number of rotatable bonds is 3. The van der Waals surface area contributed by atoms with Crippen LogP contribution in [0.15, 0.2) is 0 Å². The van der Waals surface area contributed by atoms with Gasteiger partial charge in [0.1, 0.15) is 0 Å². The third-order valence-corrected chi connectivity index (χ3v) is 4.03. The first kappa shape index (κ1) is 11.4. The highest BCUT2D eigenvalue weighted by Crippen LogP contribution is 2.34. The number of carbonyl (C=O) groups is 1. The zero-order valence-corrected chi connectivity index (χ0v) is 10.2. The van der Waals surface area contributed by atoms with Gasteiger partial charge < -0.3 is 15.4 Å². The van der Waals surface area contributed by atoms with Crippen LogP contribution in [0, 0.1) is 0 Å². The summed E-state index contributed by atoms with van der Waals surface area (Å²) in [6, 6.07) is 0.268. The average molecular weight is 239 g/mol. The van der Waals surface area contributed by atoms with E-state index < -0.39 is 0 Å². The Bertz CT molecular complexity index is 291. The van der Waals surface area contributed by atoms with Gasteiger partial charge >= 0.3 is 0 Å². The van der Waals surface area contributed by atoms with Crippen molar-refractivity contribution in [2.75, 3.05) is 32.7 Å². The van der Waals surface area contributed by atoms with Crippen molar-refractivity contribution in [3.05, 3.63) is 0 Å². The minimum Gasteiger partial charge on any atom is -0.373 e. The monoisotopic (exact) mass is 239 g/mol. The van der Waals surface area contributed by atoms with Crippen LogP contribution >= 0.6 is 0 Å². The molecule has 0 spiro atoms. The Hall–Kier alpha value is -0.650. The van der Waals surface area contributed by atoms with Gasteiger partial charge in [-0.05, 0) is 19.3 Å². The van der Waals surface area contributed by atoms with Crippen molar-refractivity contribution < 1.29 is 9.53 Å². The van der Waals surface area contributed by atoms with Crippen LogP contribution in [0.25, 0.3) is 0 Å². The molecule has 2 N–H and O–H groups in total. The maximum absolute atomic E-state index is 11.9. The van der Waals surface area contributed by atoms with E-state index in [-0.39, 0.29) is 18.1 Å². The van der Waals surface area contributed by atoms with Gasteiger partial charge in [0.15, 0.2) is 0 Å².